The quantitative estimate of drug-likeness (QED) is 0.499. The number of alkyl halides is 3. The molecule has 3 aromatic carbocycles. The van der Waals surface area contributed by atoms with Crippen LogP contribution in [-0.2, 0) is 27.5 Å². The van der Waals surface area contributed by atoms with Crippen LogP contribution in [0.25, 0.3) is 0 Å². The number of nitrogens with one attached hydrogen (secondary N) is 1. The van der Waals surface area contributed by atoms with Crippen molar-refractivity contribution in [3.8, 4) is 0 Å². The standard InChI is InChI=1S/C25H25F3N2O3S/c1-17-7-11-23(12-8-17)34(32,33)30(22-10-9-18(2)19(3)13-22)16-24(31)29-15-20-5-4-6-21(14-20)25(26,27)28/h4-14H,15-16H2,1-3H3,(H,29,31). The van der Waals surface area contributed by atoms with Gasteiger partial charge in [-0.05, 0) is 73.9 Å². The minimum atomic E-state index is -4.50. The van der Waals surface area contributed by atoms with E-state index in [-0.39, 0.29) is 17.0 Å². The Bertz CT molecular complexity index is 1290. The van der Waals surface area contributed by atoms with Gasteiger partial charge in [0.15, 0.2) is 0 Å². The molecule has 0 bridgehead atoms. The van der Waals surface area contributed by atoms with Crippen LogP contribution in [0.5, 0.6) is 0 Å². The number of carbonyl (C=O) groups excluding carboxylic acids is 1. The molecule has 0 atom stereocenters. The first-order valence-corrected chi connectivity index (χ1v) is 11.9. The van der Waals surface area contributed by atoms with Crippen LogP contribution < -0.4 is 9.62 Å². The highest BCUT2D eigenvalue weighted by Crippen LogP contribution is 2.29. The van der Waals surface area contributed by atoms with Crippen molar-refractivity contribution in [1.29, 1.82) is 0 Å². The Balaban J connectivity index is 1.86. The number of hydrogen-bond acceptors (Lipinski definition) is 3. The van der Waals surface area contributed by atoms with Gasteiger partial charge in [0, 0.05) is 6.54 Å². The molecule has 3 aromatic rings. The molecule has 5 nitrogen and oxygen atoms in total. The fourth-order valence-corrected chi connectivity index (χ4v) is 4.69. The van der Waals surface area contributed by atoms with E-state index in [9.17, 15) is 26.4 Å². The van der Waals surface area contributed by atoms with Gasteiger partial charge in [-0.15, -0.1) is 0 Å². The molecule has 34 heavy (non-hydrogen) atoms. The van der Waals surface area contributed by atoms with Crippen LogP contribution in [0.15, 0.2) is 71.6 Å². The van der Waals surface area contributed by atoms with E-state index in [0.717, 1.165) is 33.1 Å². The molecule has 1 amide bonds. The zero-order chi connectivity index (χ0) is 25.1. The maximum atomic E-state index is 13.4. The highest BCUT2D eigenvalue weighted by Gasteiger charge is 2.30. The second kappa shape index (κ2) is 9.89. The summed E-state index contributed by atoms with van der Waals surface area (Å²) in [6, 6.07) is 16.0. The zero-order valence-electron chi connectivity index (χ0n) is 19.0. The smallest absolute Gasteiger partial charge is 0.350 e. The van der Waals surface area contributed by atoms with Crippen LogP contribution >= 0.6 is 0 Å². The molecular formula is C25H25F3N2O3S. The topological polar surface area (TPSA) is 66.5 Å². The third kappa shape index (κ3) is 5.96. The van der Waals surface area contributed by atoms with Crippen LogP contribution in [0.3, 0.4) is 0 Å². The Hall–Kier alpha value is -3.33. The fourth-order valence-electron chi connectivity index (χ4n) is 3.28. The SMILES string of the molecule is Cc1ccc(S(=O)(=O)N(CC(=O)NCc2cccc(C(F)(F)F)c2)c2ccc(C)c(C)c2)cc1. The first-order chi connectivity index (χ1) is 15.9. The average Bonchev–Trinajstić information content (AvgIpc) is 2.78. The van der Waals surface area contributed by atoms with E-state index in [0.29, 0.717) is 5.69 Å². The van der Waals surface area contributed by atoms with Gasteiger partial charge in [0.05, 0.1) is 16.1 Å². The molecule has 0 aromatic heterocycles. The van der Waals surface area contributed by atoms with Gasteiger partial charge in [0.2, 0.25) is 5.91 Å². The Morgan fingerprint density at radius 2 is 1.59 bits per heavy atom. The minimum Gasteiger partial charge on any atom is -0.350 e. The fraction of sp³-hybridized carbons (Fsp3) is 0.240. The summed E-state index contributed by atoms with van der Waals surface area (Å²) in [6.07, 6.45) is -4.50. The summed E-state index contributed by atoms with van der Waals surface area (Å²) < 4.78 is 66.7. The van der Waals surface area contributed by atoms with E-state index in [1.807, 2.05) is 20.8 Å². The number of aryl methyl sites for hydroxylation is 3. The van der Waals surface area contributed by atoms with Crippen molar-refractivity contribution in [2.45, 2.75) is 38.4 Å². The lowest BCUT2D eigenvalue weighted by molar-refractivity contribution is -0.137. The first-order valence-electron chi connectivity index (χ1n) is 10.5. The number of sulfonamides is 1. The predicted molar refractivity (Wildman–Crippen MR) is 125 cm³/mol. The van der Waals surface area contributed by atoms with E-state index in [2.05, 4.69) is 5.32 Å². The number of halogens is 3. The summed E-state index contributed by atoms with van der Waals surface area (Å²) >= 11 is 0. The molecular weight excluding hydrogens is 465 g/mol. The largest absolute Gasteiger partial charge is 0.416 e. The Morgan fingerprint density at radius 1 is 0.912 bits per heavy atom. The molecule has 0 radical (unpaired) electrons. The maximum absolute atomic E-state index is 13.4. The van der Waals surface area contributed by atoms with Gasteiger partial charge in [-0.25, -0.2) is 8.42 Å². The third-order valence-corrected chi connectivity index (χ3v) is 7.21. The average molecular weight is 491 g/mol. The molecule has 0 aliphatic heterocycles. The lowest BCUT2D eigenvalue weighted by Crippen LogP contribution is -2.40. The lowest BCUT2D eigenvalue weighted by Gasteiger charge is -2.25. The van der Waals surface area contributed by atoms with Crippen LogP contribution in [0.1, 0.15) is 27.8 Å². The van der Waals surface area contributed by atoms with E-state index >= 15 is 0 Å². The van der Waals surface area contributed by atoms with Crippen LogP contribution in [0, 0.1) is 20.8 Å². The van der Waals surface area contributed by atoms with Crippen LogP contribution in [0.2, 0.25) is 0 Å². The monoisotopic (exact) mass is 490 g/mol. The molecule has 180 valence electrons. The van der Waals surface area contributed by atoms with Crippen molar-refractivity contribution in [1.82, 2.24) is 5.32 Å². The molecule has 0 heterocycles. The molecule has 1 N–H and O–H groups in total. The van der Waals surface area contributed by atoms with Gasteiger partial charge in [-0.3, -0.25) is 9.10 Å². The van der Waals surface area contributed by atoms with E-state index in [4.69, 9.17) is 0 Å². The van der Waals surface area contributed by atoms with Crippen LogP contribution in [-0.4, -0.2) is 20.9 Å². The molecule has 9 heteroatoms. The molecule has 3 rings (SSSR count). The third-order valence-electron chi connectivity index (χ3n) is 5.42. The summed E-state index contributed by atoms with van der Waals surface area (Å²) in [5, 5.41) is 2.52. The first kappa shape index (κ1) is 25.3. The molecule has 0 saturated carbocycles. The zero-order valence-corrected chi connectivity index (χ0v) is 19.8. The number of hydrogen-bond donors (Lipinski definition) is 1. The molecule has 0 spiro atoms. The highest BCUT2D eigenvalue weighted by atomic mass is 32.2. The number of carbonyl (C=O) groups is 1. The highest BCUT2D eigenvalue weighted by molar-refractivity contribution is 7.92. The Morgan fingerprint density at radius 3 is 2.21 bits per heavy atom. The molecule has 0 aliphatic rings. The van der Waals surface area contributed by atoms with E-state index in [1.165, 1.54) is 24.3 Å². The van der Waals surface area contributed by atoms with Gasteiger partial charge in [-0.2, -0.15) is 13.2 Å². The number of amides is 1. The van der Waals surface area contributed by atoms with Gasteiger partial charge in [-0.1, -0.05) is 35.9 Å². The summed E-state index contributed by atoms with van der Waals surface area (Å²) in [5.41, 5.74) is 2.45. The summed E-state index contributed by atoms with van der Waals surface area (Å²) in [6.45, 7) is 4.85. The minimum absolute atomic E-state index is 0.0296. The number of rotatable bonds is 7. The second-order valence-corrected chi connectivity index (χ2v) is 9.93. The van der Waals surface area contributed by atoms with Crippen molar-refractivity contribution in [3.05, 3.63) is 94.5 Å². The number of benzene rings is 3. The van der Waals surface area contributed by atoms with Gasteiger partial charge >= 0.3 is 6.18 Å². The van der Waals surface area contributed by atoms with Crippen molar-refractivity contribution in [3.63, 3.8) is 0 Å². The van der Waals surface area contributed by atoms with Crippen molar-refractivity contribution in [2.24, 2.45) is 0 Å². The molecule has 0 fully saturated rings. The van der Waals surface area contributed by atoms with Crippen molar-refractivity contribution >= 4 is 21.6 Å². The molecule has 0 aliphatic carbocycles. The predicted octanol–water partition coefficient (Wildman–Crippen LogP) is 5.14. The van der Waals surface area contributed by atoms with Gasteiger partial charge in [0.1, 0.15) is 6.54 Å². The Labute approximate surface area is 197 Å². The lowest BCUT2D eigenvalue weighted by atomic mass is 10.1. The molecule has 0 saturated heterocycles. The van der Waals surface area contributed by atoms with E-state index in [1.54, 1.807) is 30.3 Å². The number of anilines is 1. The van der Waals surface area contributed by atoms with Gasteiger partial charge in [0.25, 0.3) is 10.0 Å². The summed E-state index contributed by atoms with van der Waals surface area (Å²) in [7, 11) is -4.08. The van der Waals surface area contributed by atoms with Crippen molar-refractivity contribution < 1.29 is 26.4 Å². The Kier molecular flexibility index (Phi) is 7.35. The maximum Gasteiger partial charge on any atom is 0.416 e. The summed E-state index contributed by atoms with van der Waals surface area (Å²) in [4.78, 5) is 12.8. The summed E-state index contributed by atoms with van der Waals surface area (Å²) in [5.74, 6) is -0.647. The molecule has 0 unspecified atom stereocenters. The van der Waals surface area contributed by atoms with Crippen molar-refractivity contribution in [2.75, 3.05) is 10.8 Å². The second-order valence-electron chi connectivity index (χ2n) is 8.07. The number of nitrogens with zero attached hydrogens (tertiary/aromatic N) is 1. The van der Waals surface area contributed by atoms with E-state index < -0.39 is 34.2 Å². The normalized spacial score (nSPS) is 11.8. The van der Waals surface area contributed by atoms with Gasteiger partial charge < -0.3 is 5.32 Å². The van der Waals surface area contributed by atoms with Crippen LogP contribution in [0.4, 0.5) is 18.9 Å².